The Labute approximate surface area is 228 Å². The van der Waals surface area contributed by atoms with E-state index in [2.05, 4.69) is 45.7 Å². The van der Waals surface area contributed by atoms with Gasteiger partial charge in [0.2, 0.25) is 11.7 Å². The Bertz CT molecular complexity index is 1610. The molecule has 18 heteroatoms. The van der Waals surface area contributed by atoms with Crippen LogP contribution in [-0.4, -0.2) is 64.9 Å². The first kappa shape index (κ1) is 27.3. The van der Waals surface area contributed by atoms with Crippen molar-refractivity contribution in [1.82, 2.24) is 44.9 Å². The van der Waals surface area contributed by atoms with Crippen LogP contribution in [0.4, 0.5) is 29.6 Å². The summed E-state index contributed by atoms with van der Waals surface area (Å²) in [5.74, 6) is -1.20. The number of alkyl halides is 3. The minimum Gasteiger partial charge on any atom is -0.337 e. The third-order valence-corrected chi connectivity index (χ3v) is 6.16. The van der Waals surface area contributed by atoms with Crippen molar-refractivity contribution in [2.24, 2.45) is 0 Å². The second-order valence-electron chi connectivity index (χ2n) is 8.96. The zero-order valence-electron chi connectivity index (χ0n) is 21.4. The second-order valence-corrected chi connectivity index (χ2v) is 8.96. The fourth-order valence-corrected chi connectivity index (χ4v) is 3.94. The number of rotatable bonds is 8. The standard InChI is InChI=1S/C23H20F3N11O4/c1-12-32-17(41-35-12)9-30-21(40)36(2)18-15(10-38)37(11-31-18)22(3-4-22)20(39)34-16-8-27-7-14(33-16)13-5-28-19(29-6-13)23(24,25)26/h5-8,10-11H,3-4,9H2,1-2H3,(H,30,40)(H,33,34,39). The van der Waals surface area contributed by atoms with Gasteiger partial charge in [-0.3, -0.25) is 19.5 Å². The summed E-state index contributed by atoms with van der Waals surface area (Å²) in [6.45, 7) is 1.58. The summed E-state index contributed by atoms with van der Waals surface area (Å²) >= 11 is 0. The lowest BCUT2D eigenvalue weighted by atomic mass is 10.2. The molecule has 0 aliphatic heterocycles. The molecule has 2 N–H and O–H groups in total. The number of aldehydes is 1. The van der Waals surface area contributed by atoms with E-state index in [1.54, 1.807) is 6.92 Å². The Hall–Kier alpha value is -5.29. The molecule has 5 rings (SSSR count). The molecule has 1 fully saturated rings. The van der Waals surface area contributed by atoms with Gasteiger partial charge in [0.1, 0.15) is 11.2 Å². The average molecular weight is 571 g/mol. The van der Waals surface area contributed by atoms with Crippen LogP contribution >= 0.6 is 0 Å². The number of anilines is 2. The van der Waals surface area contributed by atoms with Crippen molar-refractivity contribution in [2.45, 2.75) is 38.0 Å². The van der Waals surface area contributed by atoms with Gasteiger partial charge >= 0.3 is 12.2 Å². The normalized spacial score (nSPS) is 13.9. The van der Waals surface area contributed by atoms with Gasteiger partial charge in [0.15, 0.2) is 23.7 Å². The van der Waals surface area contributed by atoms with E-state index in [1.807, 2.05) is 0 Å². The smallest absolute Gasteiger partial charge is 0.337 e. The van der Waals surface area contributed by atoms with E-state index in [0.29, 0.717) is 25.0 Å². The molecule has 0 spiro atoms. The topological polar surface area (TPSA) is 187 Å². The molecule has 4 heterocycles. The van der Waals surface area contributed by atoms with E-state index in [-0.39, 0.29) is 41.0 Å². The molecule has 3 amide bonds. The minimum atomic E-state index is -4.70. The van der Waals surface area contributed by atoms with Gasteiger partial charge in [-0.15, -0.1) is 0 Å². The van der Waals surface area contributed by atoms with Crippen molar-refractivity contribution in [2.75, 3.05) is 17.3 Å². The molecular formula is C23H20F3N11O4. The van der Waals surface area contributed by atoms with E-state index >= 15 is 0 Å². The lowest BCUT2D eigenvalue weighted by molar-refractivity contribution is -0.145. The number of aromatic nitrogens is 8. The van der Waals surface area contributed by atoms with Gasteiger partial charge in [0.25, 0.3) is 5.91 Å². The van der Waals surface area contributed by atoms with Crippen LogP contribution in [0, 0.1) is 6.92 Å². The third-order valence-electron chi connectivity index (χ3n) is 6.16. The number of carbonyl (C=O) groups excluding carboxylic acids is 3. The molecule has 0 atom stereocenters. The van der Waals surface area contributed by atoms with Crippen LogP contribution in [0.3, 0.4) is 0 Å². The summed E-state index contributed by atoms with van der Waals surface area (Å²) in [7, 11) is 1.40. The maximum absolute atomic E-state index is 13.3. The van der Waals surface area contributed by atoms with Crippen LogP contribution in [0.2, 0.25) is 0 Å². The summed E-state index contributed by atoms with van der Waals surface area (Å²) in [5, 5.41) is 8.84. The van der Waals surface area contributed by atoms with Gasteiger partial charge in [0, 0.05) is 25.0 Å². The van der Waals surface area contributed by atoms with Gasteiger partial charge in [-0.05, 0) is 19.8 Å². The van der Waals surface area contributed by atoms with Crippen molar-refractivity contribution in [3.8, 4) is 11.3 Å². The molecule has 0 unspecified atom stereocenters. The maximum Gasteiger partial charge on any atom is 0.451 e. The number of urea groups is 1. The quantitative estimate of drug-likeness (QED) is 0.295. The third kappa shape index (κ3) is 5.43. The molecule has 1 aliphatic rings. The Morgan fingerprint density at radius 2 is 1.88 bits per heavy atom. The van der Waals surface area contributed by atoms with Crippen LogP contribution in [-0.2, 0) is 23.1 Å². The number of hydrogen-bond acceptors (Lipinski definition) is 11. The molecule has 212 valence electrons. The SMILES string of the molecule is Cc1noc(CNC(=O)N(C)c2ncn(C3(C(=O)Nc4cncc(-c5cnc(C(F)(F)F)nc5)n4)CC3)c2C=O)n1. The fourth-order valence-electron chi connectivity index (χ4n) is 3.94. The lowest BCUT2D eigenvalue weighted by Gasteiger charge is -2.20. The molecule has 1 aliphatic carbocycles. The first-order valence-corrected chi connectivity index (χ1v) is 11.9. The van der Waals surface area contributed by atoms with Crippen molar-refractivity contribution in [3.05, 3.63) is 54.3 Å². The molecule has 41 heavy (non-hydrogen) atoms. The molecular weight excluding hydrogens is 551 g/mol. The van der Waals surface area contributed by atoms with Crippen molar-refractivity contribution in [1.29, 1.82) is 0 Å². The van der Waals surface area contributed by atoms with Crippen LogP contribution in [0.15, 0.2) is 35.6 Å². The number of aryl methyl sites for hydroxylation is 1. The summed E-state index contributed by atoms with van der Waals surface area (Å²) in [4.78, 5) is 62.2. The van der Waals surface area contributed by atoms with Gasteiger partial charge < -0.3 is 19.7 Å². The van der Waals surface area contributed by atoms with E-state index in [1.165, 1.54) is 30.3 Å². The van der Waals surface area contributed by atoms with Crippen LogP contribution in [0.1, 0.15) is 40.9 Å². The maximum atomic E-state index is 13.3. The van der Waals surface area contributed by atoms with Gasteiger partial charge in [-0.1, -0.05) is 5.16 Å². The Morgan fingerprint density at radius 3 is 2.49 bits per heavy atom. The second kappa shape index (κ2) is 10.4. The minimum absolute atomic E-state index is 0.00864. The molecule has 0 radical (unpaired) electrons. The molecule has 1 saturated carbocycles. The number of nitrogens with zero attached hydrogens (tertiary/aromatic N) is 9. The van der Waals surface area contributed by atoms with Crippen LogP contribution in [0.5, 0.6) is 0 Å². The Morgan fingerprint density at radius 1 is 1.15 bits per heavy atom. The largest absolute Gasteiger partial charge is 0.451 e. The molecule has 4 aromatic heterocycles. The highest BCUT2D eigenvalue weighted by Gasteiger charge is 2.53. The van der Waals surface area contributed by atoms with Crippen LogP contribution < -0.4 is 15.5 Å². The van der Waals surface area contributed by atoms with Crippen LogP contribution in [0.25, 0.3) is 11.3 Å². The first-order valence-electron chi connectivity index (χ1n) is 11.9. The summed E-state index contributed by atoms with van der Waals surface area (Å²) < 4.78 is 44.6. The fraction of sp³-hybridized carbons (Fsp3) is 0.304. The number of carbonyl (C=O) groups is 3. The van der Waals surface area contributed by atoms with Crippen molar-refractivity contribution >= 4 is 29.9 Å². The molecule has 4 aromatic rings. The Kier molecular flexibility index (Phi) is 6.89. The number of hydrogen-bond donors (Lipinski definition) is 2. The highest BCUT2D eigenvalue weighted by atomic mass is 19.4. The zero-order valence-corrected chi connectivity index (χ0v) is 21.4. The molecule has 0 aromatic carbocycles. The summed E-state index contributed by atoms with van der Waals surface area (Å²) in [5.41, 5.74) is -0.912. The van der Waals surface area contributed by atoms with E-state index in [4.69, 9.17) is 4.52 Å². The summed E-state index contributed by atoms with van der Waals surface area (Å²) in [6, 6.07) is -0.608. The van der Waals surface area contributed by atoms with Gasteiger partial charge in [0.05, 0.1) is 31.0 Å². The summed E-state index contributed by atoms with van der Waals surface area (Å²) in [6.07, 6.45) is 2.25. The van der Waals surface area contributed by atoms with Crippen molar-refractivity contribution < 1.29 is 32.1 Å². The Balaban J connectivity index is 1.31. The predicted octanol–water partition coefficient (Wildman–Crippen LogP) is 2.13. The highest BCUT2D eigenvalue weighted by molar-refractivity contribution is 6.00. The highest BCUT2D eigenvalue weighted by Crippen LogP contribution is 2.46. The van der Waals surface area contributed by atoms with E-state index < -0.39 is 29.5 Å². The number of halogens is 3. The predicted molar refractivity (Wildman–Crippen MR) is 131 cm³/mol. The number of amides is 3. The van der Waals surface area contributed by atoms with E-state index in [0.717, 1.165) is 17.3 Å². The number of nitrogens with one attached hydrogen (secondary N) is 2. The van der Waals surface area contributed by atoms with E-state index in [9.17, 15) is 27.6 Å². The monoisotopic (exact) mass is 571 g/mol. The number of imidazole rings is 1. The molecule has 0 bridgehead atoms. The van der Waals surface area contributed by atoms with Gasteiger partial charge in [-0.2, -0.15) is 18.2 Å². The lowest BCUT2D eigenvalue weighted by Crippen LogP contribution is -2.38. The average Bonchev–Trinajstić information content (AvgIpc) is 3.47. The van der Waals surface area contributed by atoms with Gasteiger partial charge in [-0.25, -0.2) is 24.7 Å². The zero-order chi connectivity index (χ0) is 29.4. The first-order chi connectivity index (χ1) is 19.5. The van der Waals surface area contributed by atoms with Crippen molar-refractivity contribution in [3.63, 3.8) is 0 Å². The molecule has 0 saturated heterocycles. The molecule has 15 nitrogen and oxygen atoms in total.